The Labute approximate surface area is 189 Å². The van der Waals surface area contributed by atoms with E-state index in [1.54, 1.807) is 0 Å². The molecule has 0 unspecified atom stereocenters. The maximum absolute atomic E-state index is 12.7. The summed E-state index contributed by atoms with van der Waals surface area (Å²) in [6.07, 6.45) is 0.987. The Balaban J connectivity index is 1.36. The van der Waals surface area contributed by atoms with Crippen LogP contribution in [0.1, 0.15) is 23.7 Å². The smallest absolute Gasteiger partial charge is 0.321 e. The molecule has 2 N–H and O–H groups in total. The molecule has 2 amide bonds. The summed E-state index contributed by atoms with van der Waals surface area (Å²) < 4.78 is 0. The molecule has 7 nitrogen and oxygen atoms in total. The Morgan fingerprint density at radius 2 is 1.56 bits per heavy atom. The maximum atomic E-state index is 12.7. The second kappa shape index (κ2) is 9.68. The fourth-order valence-electron chi connectivity index (χ4n) is 3.70. The third-order valence-electron chi connectivity index (χ3n) is 5.65. The first kappa shape index (κ1) is 21.6. The summed E-state index contributed by atoms with van der Waals surface area (Å²) in [5.74, 6) is 1.46. The molecule has 7 heteroatoms. The van der Waals surface area contributed by atoms with E-state index in [1.165, 1.54) is 11.1 Å². The van der Waals surface area contributed by atoms with Crippen LogP contribution in [0.25, 0.3) is 0 Å². The zero-order valence-corrected chi connectivity index (χ0v) is 18.9. The summed E-state index contributed by atoms with van der Waals surface area (Å²) in [4.78, 5) is 26.0. The Hall–Kier alpha value is -3.61. The lowest BCUT2D eigenvalue weighted by molar-refractivity contribution is 0.208. The lowest BCUT2D eigenvalue weighted by Crippen LogP contribution is -2.50. The van der Waals surface area contributed by atoms with Crippen LogP contribution in [0.3, 0.4) is 0 Å². The number of carbonyl (C=O) groups excluding carboxylic acids is 1. The number of nitrogens with zero attached hydrogens (tertiary/aromatic N) is 4. The molecule has 4 rings (SSSR count). The van der Waals surface area contributed by atoms with Gasteiger partial charge in [0.1, 0.15) is 5.82 Å². The molecule has 0 radical (unpaired) electrons. The number of hydrogen-bond acceptors (Lipinski definition) is 5. The third-order valence-corrected chi connectivity index (χ3v) is 5.65. The van der Waals surface area contributed by atoms with Gasteiger partial charge in [-0.3, -0.25) is 0 Å². The monoisotopic (exact) mass is 430 g/mol. The minimum Gasteiger partial charge on any atom is -0.353 e. The van der Waals surface area contributed by atoms with E-state index in [-0.39, 0.29) is 6.03 Å². The molecule has 1 saturated heterocycles. The summed E-state index contributed by atoms with van der Waals surface area (Å²) in [5, 5.41) is 6.29. The quantitative estimate of drug-likeness (QED) is 0.611. The summed E-state index contributed by atoms with van der Waals surface area (Å²) in [7, 11) is 0. The number of nitrogens with one attached hydrogen (secondary N) is 2. The van der Waals surface area contributed by atoms with E-state index in [9.17, 15) is 4.79 Å². The van der Waals surface area contributed by atoms with Gasteiger partial charge in [-0.15, -0.1) is 0 Å². The SMILES string of the molecule is CCc1ccc(NC(=O)N2CCN(c3cc(C)nc(Nc4ccc(C)cc4)n3)CC2)cc1. The van der Waals surface area contributed by atoms with Gasteiger partial charge in [-0.1, -0.05) is 36.8 Å². The van der Waals surface area contributed by atoms with Crippen molar-refractivity contribution >= 4 is 29.2 Å². The van der Waals surface area contributed by atoms with Gasteiger partial charge in [-0.25, -0.2) is 9.78 Å². The molecule has 166 valence electrons. The van der Waals surface area contributed by atoms with Crippen molar-refractivity contribution < 1.29 is 4.79 Å². The molecule has 0 aliphatic carbocycles. The Bertz CT molecular complexity index is 1060. The molecule has 1 aliphatic heterocycles. The topological polar surface area (TPSA) is 73.4 Å². The number of rotatable bonds is 5. The van der Waals surface area contributed by atoms with E-state index in [0.29, 0.717) is 19.0 Å². The van der Waals surface area contributed by atoms with Gasteiger partial charge in [-0.2, -0.15) is 4.98 Å². The van der Waals surface area contributed by atoms with Gasteiger partial charge < -0.3 is 20.4 Å². The van der Waals surface area contributed by atoms with Crippen molar-refractivity contribution in [1.82, 2.24) is 14.9 Å². The van der Waals surface area contributed by atoms with Gasteiger partial charge in [0.25, 0.3) is 0 Å². The first-order valence-electron chi connectivity index (χ1n) is 11.1. The fraction of sp³-hybridized carbons (Fsp3) is 0.320. The summed E-state index contributed by atoms with van der Waals surface area (Å²) in [6, 6.07) is 18.1. The Morgan fingerprint density at radius 3 is 2.22 bits per heavy atom. The van der Waals surface area contributed by atoms with E-state index >= 15 is 0 Å². The molecular formula is C25H30N6O. The van der Waals surface area contributed by atoms with Gasteiger partial charge in [0, 0.05) is 49.3 Å². The molecule has 1 fully saturated rings. The van der Waals surface area contributed by atoms with Crippen LogP contribution in [0.2, 0.25) is 0 Å². The minimum absolute atomic E-state index is 0.0607. The Morgan fingerprint density at radius 1 is 0.906 bits per heavy atom. The average molecular weight is 431 g/mol. The molecule has 3 aromatic rings. The lowest BCUT2D eigenvalue weighted by atomic mass is 10.1. The van der Waals surface area contributed by atoms with Crippen LogP contribution >= 0.6 is 0 Å². The van der Waals surface area contributed by atoms with Crippen molar-refractivity contribution in [1.29, 1.82) is 0 Å². The van der Waals surface area contributed by atoms with Gasteiger partial charge in [-0.05, 0) is 50.1 Å². The number of amides is 2. The van der Waals surface area contributed by atoms with Crippen molar-refractivity contribution in [3.63, 3.8) is 0 Å². The Kier molecular flexibility index (Phi) is 6.54. The highest BCUT2D eigenvalue weighted by Crippen LogP contribution is 2.20. The van der Waals surface area contributed by atoms with Crippen molar-refractivity contribution in [2.75, 3.05) is 41.7 Å². The van der Waals surface area contributed by atoms with Gasteiger partial charge in [0.2, 0.25) is 5.95 Å². The molecule has 2 aromatic carbocycles. The predicted octanol–water partition coefficient (Wildman–Crippen LogP) is 4.75. The van der Waals surface area contributed by atoms with E-state index in [1.807, 2.05) is 54.3 Å². The highest BCUT2D eigenvalue weighted by atomic mass is 16.2. The molecule has 0 spiro atoms. The van der Waals surface area contributed by atoms with Crippen LogP contribution in [0.4, 0.5) is 27.9 Å². The largest absolute Gasteiger partial charge is 0.353 e. The second-order valence-corrected chi connectivity index (χ2v) is 8.14. The van der Waals surface area contributed by atoms with Gasteiger partial charge in [0.05, 0.1) is 0 Å². The predicted molar refractivity (Wildman–Crippen MR) is 130 cm³/mol. The van der Waals surface area contributed by atoms with Crippen molar-refractivity contribution in [2.45, 2.75) is 27.2 Å². The summed E-state index contributed by atoms with van der Waals surface area (Å²) in [5.41, 5.74) is 5.16. The van der Waals surface area contributed by atoms with Crippen LogP contribution in [0.15, 0.2) is 54.6 Å². The normalized spacial score (nSPS) is 13.7. The van der Waals surface area contributed by atoms with Crippen molar-refractivity contribution in [3.8, 4) is 0 Å². The van der Waals surface area contributed by atoms with Gasteiger partial charge >= 0.3 is 6.03 Å². The molecule has 0 bridgehead atoms. The van der Waals surface area contributed by atoms with E-state index in [0.717, 1.165) is 42.4 Å². The molecular weight excluding hydrogens is 400 g/mol. The van der Waals surface area contributed by atoms with Crippen molar-refractivity contribution in [2.24, 2.45) is 0 Å². The van der Waals surface area contributed by atoms with Crippen LogP contribution in [-0.2, 0) is 6.42 Å². The molecule has 32 heavy (non-hydrogen) atoms. The van der Waals surface area contributed by atoms with Crippen LogP contribution in [0, 0.1) is 13.8 Å². The minimum atomic E-state index is -0.0607. The summed E-state index contributed by atoms with van der Waals surface area (Å²) >= 11 is 0. The number of aryl methyl sites for hydroxylation is 3. The highest BCUT2D eigenvalue weighted by Gasteiger charge is 2.22. The number of anilines is 4. The fourth-order valence-corrected chi connectivity index (χ4v) is 3.70. The van der Waals surface area contributed by atoms with Crippen LogP contribution in [0.5, 0.6) is 0 Å². The van der Waals surface area contributed by atoms with Crippen LogP contribution < -0.4 is 15.5 Å². The zero-order valence-electron chi connectivity index (χ0n) is 18.9. The zero-order chi connectivity index (χ0) is 22.5. The first-order chi connectivity index (χ1) is 15.5. The maximum Gasteiger partial charge on any atom is 0.321 e. The second-order valence-electron chi connectivity index (χ2n) is 8.14. The number of urea groups is 1. The number of aromatic nitrogens is 2. The lowest BCUT2D eigenvalue weighted by Gasteiger charge is -2.35. The molecule has 0 saturated carbocycles. The number of benzene rings is 2. The number of carbonyl (C=O) groups is 1. The average Bonchev–Trinajstić information content (AvgIpc) is 2.81. The van der Waals surface area contributed by atoms with Gasteiger partial charge in [0.15, 0.2) is 0 Å². The molecule has 2 heterocycles. The third kappa shape index (κ3) is 5.35. The molecule has 0 atom stereocenters. The first-order valence-corrected chi connectivity index (χ1v) is 11.1. The van der Waals surface area contributed by atoms with Crippen LogP contribution in [-0.4, -0.2) is 47.1 Å². The molecule has 1 aromatic heterocycles. The summed E-state index contributed by atoms with van der Waals surface area (Å²) in [6.45, 7) is 8.89. The number of hydrogen-bond donors (Lipinski definition) is 2. The highest BCUT2D eigenvalue weighted by molar-refractivity contribution is 5.89. The van der Waals surface area contributed by atoms with E-state index < -0.39 is 0 Å². The standard InChI is InChI=1S/C25H30N6O/c1-4-20-7-11-22(12-8-20)28-25(32)31-15-13-30(14-16-31)23-17-19(3)26-24(29-23)27-21-9-5-18(2)6-10-21/h5-12,17H,4,13-16H2,1-3H3,(H,28,32)(H,26,27,29). The number of piperazine rings is 1. The van der Waals surface area contributed by atoms with E-state index in [4.69, 9.17) is 4.98 Å². The molecule has 1 aliphatic rings. The van der Waals surface area contributed by atoms with Crippen molar-refractivity contribution in [3.05, 3.63) is 71.4 Å². The van der Waals surface area contributed by atoms with E-state index in [2.05, 4.69) is 46.5 Å².